The molecule has 0 spiro atoms. The first kappa shape index (κ1) is 10.5. The molecule has 0 unspecified atom stereocenters. The van der Waals surface area contributed by atoms with Crippen molar-refractivity contribution in [1.29, 1.82) is 0 Å². The van der Waals surface area contributed by atoms with Crippen LogP contribution in [0.4, 0.5) is 0 Å². The van der Waals surface area contributed by atoms with Gasteiger partial charge in [-0.05, 0) is 12.8 Å². The molecule has 1 aliphatic carbocycles. The van der Waals surface area contributed by atoms with E-state index in [0.717, 1.165) is 6.26 Å². The summed E-state index contributed by atoms with van der Waals surface area (Å²) in [5.41, 5.74) is -1.24. The Morgan fingerprint density at radius 3 is 2.23 bits per heavy atom. The molecule has 0 aromatic heterocycles. The van der Waals surface area contributed by atoms with Crippen molar-refractivity contribution in [2.75, 3.05) is 12.0 Å². The Labute approximate surface area is 76.3 Å². The predicted molar refractivity (Wildman–Crippen MR) is 45.0 cm³/mol. The quantitative estimate of drug-likeness (QED) is 0.637. The number of sulfone groups is 1. The Morgan fingerprint density at radius 1 is 1.54 bits per heavy atom. The number of aliphatic hydroxyl groups is 1. The van der Waals surface area contributed by atoms with Gasteiger partial charge in [-0.1, -0.05) is 0 Å². The van der Waals surface area contributed by atoms with Crippen LogP contribution in [0.3, 0.4) is 0 Å². The first-order valence-corrected chi connectivity index (χ1v) is 5.90. The van der Waals surface area contributed by atoms with Gasteiger partial charge in [-0.3, -0.25) is 4.79 Å². The molecule has 0 amide bonds. The third-order valence-electron chi connectivity index (χ3n) is 2.24. The summed E-state index contributed by atoms with van der Waals surface area (Å²) in [6, 6.07) is 0. The van der Waals surface area contributed by atoms with Crippen molar-refractivity contribution in [3.05, 3.63) is 0 Å². The van der Waals surface area contributed by atoms with Gasteiger partial charge in [-0.25, -0.2) is 8.42 Å². The zero-order chi connectivity index (χ0) is 10.3. The van der Waals surface area contributed by atoms with E-state index >= 15 is 0 Å². The summed E-state index contributed by atoms with van der Waals surface area (Å²) in [5, 5.41) is 17.8. The fraction of sp³-hybridized carbons (Fsp3) is 0.857. The van der Waals surface area contributed by atoms with Crippen LogP contribution in [-0.2, 0) is 14.6 Å². The van der Waals surface area contributed by atoms with E-state index in [1.54, 1.807) is 0 Å². The summed E-state index contributed by atoms with van der Waals surface area (Å²) in [4.78, 5) is 10.8. The van der Waals surface area contributed by atoms with Gasteiger partial charge >= 0.3 is 5.97 Å². The number of rotatable bonds is 3. The van der Waals surface area contributed by atoms with Crippen molar-refractivity contribution in [2.45, 2.75) is 18.9 Å². The zero-order valence-corrected chi connectivity index (χ0v) is 8.04. The highest BCUT2D eigenvalue weighted by molar-refractivity contribution is 7.90. The topological polar surface area (TPSA) is 91.7 Å². The molecule has 1 aliphatic rings. The second kappa shape index (κ2) is 2.95. The lowest BCUT2D eigenvalue weighted by Gasteiger charge is -2.40. The summed E-state index contributed by atoms with van der Waals surface area (Å²) in [6.07, 6.45) is 0.408. The van der Waals surface area contributed by atoms with Crippen LogP contribution in [0, 0.1) is 5.41 Å². The maximum absolute atomic E-state index is 10.9. The zero-order valence-electron chi connectivity index (χ0n) is 7.23. The van der Waals surface area contributed by atoms with Crippen LogP contribution in [0.25, 0.3) is 0 Å². The number of aliphatic carboxylic acids is 1. The normalized spacial score (nSPS) is 33.8. The van der Waals surface area contributed by atoms with E-state index < -0.39 is 27.3 Å². The number of carboxylic acids is 1. The fourth-order valence-corrected chi connectivity index (χ4v) is 3.06. The molecule has 13 heavy (non-hydrogen) atoms. The number of hydrogen-bond acceptors (Lipinski definition) is 4. The molecule has 0 bridgehead atoms. The second-order valence-electron chi connectivity index (χ2n) is 3.72. The summed E-state index contributed by atoms with van der Waals surface area (Å²) in [7, 11) is -3.30. The van der Waals surface area contributed by atoms with Crippen molar-refractivity contribution in [1.82, 2.24) is 0 Å². The highest BCUT2D eigenvalue weighted by atomic mass is 32.2. The van der Waals surface area contributed by atoms with Crippen LogP contribution < -0.4 is 0 Å². The molecule has 1 saturated carbocycles. The van der Waals surface area contributed by atoms with Gasteiger partial charge in [0.2, 0.25) is 0 Å². The molecule has 0 aromatic rings. The van der Waals surface area contributed by atoms with Crippen LogP contribution in [0.15, 0.2) is 0 Å². The Morgan fingerprint density at radius 2 is 2.00 bits per heavy atom. The molecular formula is C7H12O5S. The Bertz CT molecular complexity index is 312. The molecule has 0 aliphatic heterocycles. The van der Waals surface area contributed by atoms with E-state index in [4.69, 9.17) is 10.2 Å². The van der Waals surface area contributed by atoms with Crippen molar-refractivity contribution in [3.63, 3.8) is 0 Å². The first-order valence-electron chi connectivity index (χ1n) is 3.84. The van der Waals surface area contributed by atoms with Crippen LogP contribution in [0.2, 0.25) is 0 Å². The molecule has 1 fully saturated rings. The summed E-state index contributed by atoms with van der Waals surface area (Å²) in [5.74, 6) is -1.52. The van der Waals surface area contributed by atoms with Gasteiger partial charge in [0, 0.05) is 6.26 Å². The summed E-state index contributed by atoms with van der Waals surface area (Å²) in [6.45, 7) is 0. The van der Waals surface area contributed by atoms with E-state index in [0.29, 0.717) is 0 Å². The molecule has 0 heterocycles. The van der Waals surface area contributed by atoms with Crippen LogP contribution in [0.1, 0.15) is 12.8 Å². The lowest BCUT2D eigenvalue weighted by atomic mass is 9.68. The van der Waals surface area contributed by atoms with E-state index in [-0.39, 0.29) is 18.6 Å². The molecule has 1 rings (SSSR count). The first-order chi connectivity index (χ1) is 5.75. The molecule has 0 aromatic carbocycles. The molecule has 76 valence electrons. The second-order valence-corrected chi connectivity index (χ2v) is 5.86. The number of carboxylic acid groups (broad SMARTS) is 1. The lowest BCUT2D eigenvalue weighted by molar-refractivity contribution is -0.160. The average Bonchev–Trinajstić information content (AvgIpc) is 1.79. The van der Waals surface area contributed by atoms with E-state index in [1.165, 1.54) is 0 Å². The molecule has 0 saturated heterocycles. The van der Waals surface area contributed by atoms with Gasteiger partial charge in [0.25, 0.3) is 0 Å². The Kier molecular flexibility index (Phi) is 2.38. The highest BCUT2D eigenvalue weighted by Gasteiger charge is 2.51. The Balaban J connectivity index is 2.78. The number of carbonyl (C=O) groups is 1. The number of hydrogen-bond donors (Lipinski definition) is 2. The highest BCUT2D eigenvalue weighted by Crippen LogP contribution is 2.42. The third kappa shape index (κ3) is 2.19. The summed E-state index contributed by atoms with van der Waals surface area (Å²) >= 11 is 0. The standard InChI is InChI=1S/C7H12O5S/c1-13(11,12)4-7(6(9)10)2-5(8)3-7/h5,8H,2-4H2,1H3,(H,9,10). The van der Waals surface area contributed by atoms with Crippen LogP contribution in [0.5, 0.6) is 0 Å². The third-order valence-corrected chi connectivity index (χ3v) is 3.32. The maximum Gasteiger partial charge on any atom is 0.310 e. The van der Waals surface area contributed by atoms with Gasteiger partial charge in [0.15, 0.2) is 0 Å². The molecule has 2 N–H and O–H groups in total. The fourth-order valence-electron chi connectivity index (χ4n) is 1.70. The number of aliphatic hydroxyl groups excluding tert-OH is 1. The largest absolute Gasteiger partial charge is 0.481 e. The predicted octanol–water partition coefficient (Wildman–Crippen LogP) is -0.743. The van der Waals surface area contributed by atoms with Crippen molar-refractivity contribution in [2.24, 2.45) is 5.41 Å². The van der Waals surface area contributed by atoms with Gasteiger partial charge in [0.05, 0.1) is 17.3 Å². The van der Waals surface area contributed by atoms with Crippen LogP contribution in [-0.4, -0.2) is 42.7 Å². The van der Waals surface area contributed by atoms with E-state index in [2.05, 4.69) is 0 Å². The van der Waals surface area contributed by atoms with Crippen molar-refractivity contribution < 1.29 is 23.4 Å². The molecular weight excluding hydrogens is 196 g/mol. The minimum absolute atomic E-state index is 0.0371. The molecule has 0 atom stereocenters. The van der Waals surface area contributed by atoms with E-state index in [1.807, 2.05) is 0 Å². The van der Waals surface area contributed by atoms with E-state index in [9.17, 15) is 13.2 Å². The minimum Gasteiger partial charge on any atom is -0.481 e. The van der Waals surface area contributed by atoms with Crippen molar-refractivity contribution in [3.8, 4) is 0 Å². The van der Waals surface area contributed by atoms with Gasteiger partial charge in [-0.2, -0.15) is 0 Å². The molecule has 6 heteroatoms. The Hall–Kier alpha value is -0.620. The maximum atomic E-state index is 10.9. The average molecular weight is 208 g/mol. The monoisotopic (exact) mass is 208 g/mol. The van der Waals surface area contributed by atoms with Gasteiger partial charge in [-0.15, -0.1) is 0 Å². The van der Waals surface area contributed by atoms with Crippen LogP contribution >= 0.6 is 0 Å². The smallest absolute Gasteiger partial charge is 0.310 e. The molecule has 5 nitrogen and oxygen atoms in total. The lowest BCUT2D eigenvalue weighted by Crippen LogP contribution is -2.51. The van der Waals surface area contributed by atoms with Gasteiger partial charge in [0.1, 0.15) is 9.84 Å². The van der Waals surface area contributed by atoms with Crippen molar-refractivity contribution >= 4 is 15.8 Å². The SMILES string of the molecule is CS(=O)(=O)CC1(C(=O)O)CC(O)C1. The van der Waals surface area contributed by atoms with Gasteiger partial charge < -0.3 is 10.2 Å². The summed E-state index contributed by atoms with van der Waals surface area (Å²) < 4.78 is 21.8. The minimum atomic E-state index is -3.30. The molecule has 0 radical (unpaired) electrons.